The molecule has 0 saturated carbocycles. The van der Waals surface area contributed by atoms with Gasteiger partial charge in [-0.1, -0.05) is 0 Å². The maximum atomic E-state index is 0. The van der Waals surface area contributed by atoms with E-state index in [-0.39, 0.29) is 104 Å². The van der Waals surface area contributed by atoms with Crippen LogP contribution in [0.4, 0.5) is 0 Å². The zero-order valence-electron chi connectivity index (χ0n) is 1.16. The van der Waals surface area contributed by atoms with Crippen LogP contribution in [0.5, 0.6) is 0 Å². The van der Waals surface area contributed by atoms with Crippen LogP contribution in [0.3, 0.4) is 0 Å². The van der Waals surface area contributed by atoms with Crippen molar-refractivity contribution < 1.29 is 95.6 Å². The first-order valence-corrected chi connectivity index (χ1v) is 0. The molecule has 0 nitrogen and oxygen atoms in total. The fourth-order valence-electron chi connectivity index (χ4n) is 0. The molecule has 0 fully saturated rings. The van der Waals surface area contributed by atoms with Crippen molar-refractivity contribution >= 4 is 8.41 Å². The van der Waals surface area contributed by atoms with Gasteiger partial charge in [0.1, 0.15) is 0 Å². The molecule has 0 heterocycles. The first-order valence-electron chi connectivity index (χ1n) is 0. The Kier molecular flexibility index (Phi) is 111. The Balaban J connectivity index is 0. The molecule has 0 unspecified atom stereocenters. The SMILES string of the molecule is B.[Fe].[Ho].[Nd]. The fourth-order valence-corrected chi connectivity index (χ4v) is 0. The first-order chi connectivity index (χ1) is 0. The van der Waals surface area contributed by atoms with Gasteiger partial charge in [0.05, 0.1) is 8.41 Å². The van der Waals surface area contributed by atoms with E-state index in [1.165, 1.54) is 0 Å². The van der Waals surface area contributed by atoms with Gasteiger partial charge in [-0.25, -0.2) is 0 Å². The average molecular weight is 379 g/mol. The first kappa shape index (κ1) is 27.1. The van der Waals surface area contributed by atoms with E-state index >= 15 is 0 Å². The van der Waals surface area contributed by atoms with Crippen LogP contribution in [0.25, 0.3) is 0 Å². The summed E-state index contributed by atoms with van der Waals surface area (Å²) in [7, 11) is 0. The Hall–Kier alpha value is 3.19. The Bertz CT molecular complexity index is 8.00. The Morgan fingerprint density at radius 1 is 1.00 bits per heavy atom. The summed E-state index contributed by atoms with van der Waals surface area (Å²) in [4.78, 5) is 0. The molecule has 0 saturated heterocycles. The standard InChI is InChI=1S/BH3.Fe.Ho.Nd/h1H3;;;. The number of rotatable bonds is 0. The van der Waals surface area contributed by atoms with Crippen molar-refractivity contribution in [2.75, 3.05) is 0 Å². The zero-order chi connectivity index (χ0) is 0. The minimum Gasteiger partial charge on any atom is 0 e. The molecule has 0 bridgehead atoms. The van der Waals surface area contributed by atoms with Crippen LogP contribution in [0.1, 0.15) is 0 Å². The molecule has 0 rings (SSSR count). The third kappa shape index (κ3) is 8.96. The fraction of sp³-hybridized carbons (Fsp3) is 0. The van der Waals surface area contributed by atoms with Gasteiger partial charge in [-0.3, -0.25) is 0 Å². The van der Waals surface area contributed by atoms with E-state index in [0.717, 1.165) is 0 Å². The predicted octanol–water partition coefficient (Wildman–Crippen LogP) is -1.19. The van der Waals surface area contributed by atoms with Gasteiger partial charge in [0, 0.05) is 95.6 Å². The van der Waals surface area contributed by atoms with Crippen LogP contribution >= 0.6 is 0 Å². The largest absolute Gasteiger partial charge is 0.0814 e. The monoisotopic (exact) mass is 377 g/mol. The van der Waals surface area contributed by atoms with Crippen LogP contribution in [0.2, 0.25) is 0 Å². The van der Waals surface area contributed by atoms with Gasteiger partial charge in [-0.15, -0.1) is 0 Å². The van der Waals surface area contributed by atoms with Crippen LogP contribution in [-0.4, -0.2) is 8.41 Å². The molecule has 0 atom stereocenters. The second kappa shape index (κ2) is 16.4. The summed E-state index contributed by atoms with van der Waals surface area (Å²) in [5.41, 5.74) is 0. The van der Waals surface area contributed by atoms with Gasteiger partial charge in [0.25, 0.3) is 0 Å². The molecule has 1 radical (unpaired) electrons. The Morgan fingerprint density at radius 3 is 1.00 bits per heavy atom. The van der Waals surface area contributed by atoms with Crippen LogP contribution in [0, 0.1) is 78.6 Å². The molecule has 0 aliphatic heterocycles. The van der Waals surface area contributed by atoms with E-state index in [9.17, 15) is 0 Å². The second-order valence-corrected chi connectivity index (χ2v) is 0. The molecule has 0 spiro atoms. The molecule has 0 aliphatic rings. The van der Waals surface area contributed by atoms with Crippen molar-refractivity contribution in [3.05, 3.63) is 0 Å². The summed E-state index contributed by atoms with van der Waals surface area (Å²) in [6.07, 6.45) is 0. The topological polar surface area (TPSA) is 0 Å². The predicted molar refractivity (Wildman–Crippen MR) is 9.94 cm³/mol. The molecule has 0 aromatic heterocycles. The maximum Gasteiger partial charge on any atom is 0.0814 e. The van der Waals surface area contributed by atoms with E-state index < -0.39 is 0 Å². The van der Waals surface area contributed by atoms with Crippen molar-refractivity contribution in [1.82, 2.24) is 0 Å². The van der Waals surface area contributed by atoms with Crippen molar-refractivity contribution in [3.63, 3.8) is 0 Å². The van der Waals surface area contributed by atoms with Crippen molar-refractivity contribution in [2.24, 2.45) is 0 Å². The summed E-state index contributed by atoms with van der Waals surface area (Å²) < 4.78 is 0. The van der Waals surface area contributed by atoms with Crippen LogP contribution in [-0.2, 0) is 17.1 Å². The van der Waals surface area contributed by atoms with Crippen molar-refractivity contribution in [2.45, 2.75) is 0 Å². The average Bonchev–Trinajstić information content (AvgIpc) is 0. The number of hydrogen-bond acceptors (Lipinski definition) is 0. The number of hydrogen-bond donors (Lipinski definition) is 0. The normalized spacial score (nSPS) is 0. The molecule has 4 heteroatoms. The van der Waals surface area contributed by atoms with E-state index in [1.54, 1.807) is 0 Å². The molecule has 0 N–H and O–H groups in total. The quantitative estimate of drug-likeness (QED) is 0.465. The molecular weight excluding hydrogens is 376 g/mol. The Morgan fingerprint density at radius 2 is 1.00 bits per heavy atom. The van der Waals surface area contributed by atoms with Gasteiger partial charge in [-0.05, 0) is 0 Å². The van der Waals surface area contributed by atoms with Gasteiger partial charge in [0.15, 0.2) is 0 Å². The van der Waals surface area contributed by atoms with Crippen LogP contribution in [0.15, 0.2) is 0 Å². The molecule has 0 aromatic rings. The minimum absolute atomic E-state index is 0. The van der Waals surface area contributed by atoms with E-state index in [1.807, 2.05) is 0 Å². The summed E-state index contributed by atoms with van der Waals surface area (Å²) in [6.45, 7) is 0. The van der Waals surface area contributed by atoms with E-state index in [0.29, 0.717) is 0 Å². The third-order valence-corrected chi connectivity index (χ3v) is 0. The summed E-state index contributed by atoms with van der Waals surface area (Å²) in [6, 6.07) is 0. The smallest absolute Gasteiger partial charge is 0 e. The summed E-state index contributed by atoms with van der Waals surface area (Å²) in [5, 5.41) is 0. The van der Waals surface area contributed by atoms with Gasteiger partial charge in [0.2, 0.25) is 0 Å². The minimum atomic E-state index is 0. The third-order valence-electron chi connectivity index (χ3n) is 0. The van der Waals surface area contributed by atoms with Crippen molar-refractivity contribution in [3.8, 4) is 0 Å². The van der Waals surface area contributed by atoms with E-state index in [4.69, 9.17) is 0 Å². The van der Waals surface area contributed by atoms with Crippen LogP contribution < -0.4 is 0 Å². The molecular formula is H3BFeHoNd. The Labute approximate surface area is 101 Å². The van der Waals surface area contributed by atoms with Gasteiger partial charge >= 0.3 is 0 Å². The zero-order valence-corrected chi connectivity index (χ0v) is 7.40. The summed E-state index contributed by atoms with van der Waals surface area (Å²) in [5.74, 6) is 0. The maximum absolute atomic E-state index is 0. The summed E-state index contributed by atoms with van der Waals surface area (Å²) >= 11 is 0. The molecule has 0 amide bonds. The van der Waals surface area contributed by atoms with Gasteiger partial charge in [-0.2, -0.15) is 0 Å². The van der Waals surface area contributed by atoms with E-state index in [2.05, 4.69) is 0 Å². The molecule has 4 heavy (non-hydrogen) atoms. The van der Waals surface area contributed by atoms with Gasteiger partial charge < -0.3 is 0 Å². The second-order valence-electron chi connectivity index (χ2n) is 0. The molecule has 29 valence electrons. The molecule has 0 aliphatic carbocycles. The molecule has 0 aromatic carbocycles. The van der Waals surface area contributed by atoms with Crippen molar-refractivity contribution in [1.29, 1.82) is 0 Å².